The van der Waals surface area contributed by atoms with Crippen LogP contribution >= 0.6 is 0 Å². The summed E-state index contributed by atoms with van der Waals surface area (Å²) in [5.41, 5.74) is 5.23. The van der Waals surface area contributed by atoms with Gasteiger partial charge in [0.05, 0.1) is 16.8 Å². The molecule has 0 aliphatic carbocycles. The zero-order chi connectivity index (χ0) is 12.5. The maximum absolute atomic E-state index is 12.9. The molecule has 6 nitrogen and oxygen atoms in total. The van der Waals surface area contributed by atoms with Crippen molar-refractivity contribution in [2.75, 3.05) is 10.5 Å². The van der Waals surface area contributed by atoms with E-state index in [2.05, 4.69) is 14.4 Å². The van der Waals surface area contributed by atoms with Crippen molar-refractivity contribution in [1.82, 2.24) is 5.16 Å². The Labute approximate surface area is 96.3 Å². The number of hydrogen-bond donors (Lipinski definition) is 2. The highest BCUT2D eigenvalue weighted by Gasteiger charge is 2.16. The van der Waals surface area contributed by atoms with Crippen molar-refractivity contribution in [3.8, 4) is 0 Å². The first kappa shape index (κ1) is 11.4. The van der Waals surface area contributed by atoms with Crippen LogP contribution in [0, 0.1) is 5.82 Å². The lowest BCUT2D eigenvalue weighted by Gasteiger charge is -2.06. The van der Waals surface area contributed by atoms with E-state index < -0.39 is 15.8 Å². The van der Waals surface area contributed by atoms with E-state index in [0.717, 1.165) is 24.5 Å². The molecule has 3 N–H and O–H groups in total. The molecule has 1 heterocycles. The summed E-state index contributed by atoms with van der Waals surface area (Å²) >= 11 is 0. The Hall–Kier alpha value is -2.09. The summed E-state index contributed by atoms with van der Waals surface area (Å²) in [4.78, 5) is -0.141. The average molecular weight is 257 g/mol. The molecule has 0 amide bonds. The standard InChI is InChI=1S/C9H8FN3O3S/c10-8-2-1-7(3-9(8)11)17(14,15)13-6-4-12-16-5-6/h1-5,13H,11H2. The van der Waals surface area contributed by atoms with Crippen LogP contribution in [0.5, 0.6) is 0 Å². The number of sulfonamides is 1. The fraction of sp³-hybridized carbons (Fsp3) is 0. The molecule has 1 aromatic carbocycles. The van der Waals surface area contributed by atoms with E-state index in [1.54, 1.807) is 0 Å². The molecule has 8 heteroatoms. The Morgan fingerprint density at radius 1 is 1.41 bits per heavy atom. The van der Waals surface area contributed by atoms with Gasteiger partial charge in [-0.1, -0.05) is 5.16 Å². The van der Waals surface area contributed by atoms with Crippen molar-refractivity contribution in [2.45, 2.75) is 4.90 Å². The second-order valence-electron chi connectivity index (χ2n) is 3.20. The van der Waals surface area contributed by atoms with E-state index in [1.165, 1.54) is 6.20 Å². The Morgan fingerprint density at radius 3 is 2.76 bits per heavy atom. The van der Waals surface area contributed by atoms with Crippen LogP contribution in [-0.4, -0.2) is 13.6 Å². The number of hydrogen-bond acceptors (Lipinski definition) is 5. The molecule has 0 saturated heterocycles. The maximum Gasteiger partial charge on any atom is 0.262 e. The molecule has 1 aromatic heterocycles. The van der Waals surface area contributed by atoms with Crippen molar-refractivity contribution in [3.63, 3.8) is 0 Å². The van der Waals surface area contributed by atoms with Crippen molar-refractivity contribution in [3.05, 3.63) is 36.5 Å². The van der Waals surface area contributed by atoms with E-state index in [9.17, 15) is 12.8 Å². The quantitative estimate of drug-likeness (QED) is 0.805. The van der Waals surface area contributed by atoms with E-state index >= 15 is 0 Å². The Balaban J connectivity index is 2.35. The minimum atomic E-state index is -3.82. The summed E-state index contributed by atoms with van der Waals surface area (Å²) in [6.07, 6.45) is 2.33. The number of rotatable bonds is 3. The van der Waals surface area contributed by atoms with Crippen LogP contribution in [-0.2, 0) is 10.0 Å². The van der Waals surface area contributed by atoms with Crippen LogP contribution in [0.1, 0.15) is 0 Å². The van der Waals surface area contributed by atoms with E-state index in [1.807, 2.05) is 0 Å². The number of anilines is 2. The zero-order valence-corrected chi connectivity index (χ0v) is 9.24. The first-order chi connectivity index (χ1) is 7.99. The van der Waals surface area contributed by atoms with E-state index in [4.69, 9.17) is 5.73 Å². The average Bonchev–Trinajstić information content (AvgIpc) is 2.73. The molecule has 0 saturated carbocycles. The summed E-state index contributed by atoms with van der Waals surface area (Å²) in [7, 11) is -3.82. The second-order valence-corrected chi connectivity index (χ2v) is 4.88. The Morgan fingerprint density at radius 2 is 2.18 bits per heavy atom. The third kappa shape index (κ3) is 2.36. The zero-order valence-electron chi connectivity index (χ0n) is 8.42. The van der Waals surface area contributed by atoms with Gasteiger partial charge in [-0.3, -0.25) is 4.72 Å². The Bertz CT molecular complexity index is 625. The summed E-state index contributed by atoms with van der Waals surface area (Å²) in [6, 6.07) is 3.13. The smallest absolute Gasteiger partial charge is 0.262 e. The van der Waals surface area contributed by atoms with Crippen LogP contribution in [0.25, 0.3) is 0 Å². The largest absolute Gasteiger partial charge is 0.396 e. The lowest BCUT2D eigenvalue weighted by molar-refractivity contribution is 0.420. The lowest BCUT2D eigenvalue weighted by atomic mass is 10.3. The highest BCUT2D eigenvalue weighted by molar-refractivity contribution is 7.92. The molecule has 0 radical (unpaired) electrons. The van der Waals surface area contributed by atoms with E-state index in [0.29, 0.717) is 0 Å². The second kappa shape index (κ2) is 4.06. The molecule has 0 aliphatic heterocycles. The predicted molar refractivity (Wildman–Crippen MR) is 58.1 cm³/mol. The van der Waals surface area contributed by atoms with Gasteiger partial charge in [0, 0.05) is 0 Å². The van der Waals surface area contributed by atoms with Gasteiger partial charge in [-0.15, -0.1) is 0 Å². The fourth-order valence-corrected chi connectivity index (χ4v) is 2.22. The first-order valence-electron chi connectivity index (χ1n) is 4.46. The third-order valence-corrected chi connectivity index (χ3v) is 3.34. The van der Waals surface area contributed by atoms with Crippen LogP contribution in [0.15, 0.2) is 40.1 Å². The number of aromatic nitrogens is 1. The number of halogens is 1. The predicted octanol–water partition coefficient (Wildman–Crippen LogP) is 1.20. The van der Waals surface area contributed by atoms with Gasteiger partial charge < -0.3 is 10.3 Å². The molecule has 0 aliphatic rings. The van der Waals surface area contributed by atoms with Gasteiger partial charge in [-0.2, -0.15) is 0 Å². The van der Waals surface area contributed by atoms with Crippen molar-refractivity contribution in [1.29, 1.82) is 0 Å². The number of nitrogens with one attached hydrogen (secondary N) is 1. The number of benzene rings is 1. The summed E-state index contributed by atoms with van der Waals surface area (Å²) in [5.74, 6) is -0.672. The summed E-state index contributed by atoms with van der Waals surface area (Å²) in [6.45, 7) is 0. The molecule has 0 bridgehead atoms. The molecular weight excluding hydrogens is 249 g/mol. The highest BCUT2D eigenvalue weighted by atomic mass is 32.2. The number of nitrogens with zero attached hydrogens (tertiary/aromatic N) is 1. The monoisotopic (exact) mass is 257 g/mol. The van der Waals surface area contributed by atoms with Crippen LogP contribution in [0.3, 0.4) is 0 Å². The Kier molecular flexibility index (Phi) is 2.72. The van der Waals surface area contributed by atoms with Gasteiger partial charge in [0.2, 0.25) is 0 Å². The van der Waals surface area contributed by atoms with Gasteiger partial charge in [0.1, 0.15) is 17.8 Å². The van der Waals surface area contributed by atoms with Crippen LogP contribution in [0.4, 0.5) is 15.8 Å². The van der Waals surface area contributed by atoms with Gasteiger partial charge in [-0.05, 0) is 18.2 Å². The minimum absolute atomic E-state index is 0.141. The first-order valence-corrected chi connectivity index (χ1v) is 5.94. The number of nitrogen functional groups attached to an aromatic ring is 1. The van der Waals surface area contributed by atoms with Crippen molar-refractivity contribution < 1.29 is 17.3 Å². The summed E-state index contributed by atoms with van der Waals surface area (Å²) < 4.78 is 43.2. The van der Waals surface area contributed by atoms with Crippen LogP contribution < -0.4 is 10.5 Å². The van der Waals surface area contributed by atoms with Crippen molar-refractivity contribution >= 4 is 21.4 Å². The molecule has 2 rings (SSSR count). The summed E-state index contributed by atoms with van der Waals surface area (Å²) in [5, 5.41) is 3.35. The van der Waals surface area contributed by atoms with Crippen LogP contribution in [0.2, 0.25) is 0 Å². The fourth-order valence-electron chi connectivity index (χ4n) is 1.16. The molecule has 0 fully saturated rings. The minimum Gasteiger partial charge on any atom is -0.396 e. The van der Waals surface area contributed by atoms with Gasteiger partial charge in [0.15, 0.2) is 0 Å². The molecule has 17 heavy (non-hydrogen) atoms. The lowest BCUT2D eigenvalue weighted by Crippen LogP contribution is -2.13. The normalized spacial score (nSPS) is 11.4. The number of nitrogens with two attached hydrogens (primary N) is 1. The molecule has 0 atom stereocenters. The van der Waals surface area contributed by atoms with Gasteiger partial charge >= 0.3 is 0 Å². The molecule has 90 valence electrons. The molecular formula is C9H8FN3O3S. The molecule has 2 aromatic rings. The molecule has 0 unspecified atom stereocenters. The third-order valence-electron chi connectivity index (χ3n) is 1.96. The van der Waals surface area contributed by atoms with Gasteiger partial charge in [0.25, 0.3) is 10.0 Å². The van der Waals surface area contributed by atoms with Crippen molar-refractivity contribution in [2.24, 2.45) is 0 Å². The SMILES string of the molecule is Nc1cc(S(=O)(=O)Nc2cnoc2)ccc1F. The van der Waals surface area contributed by atoms with Gasteiger partial charge in [-0.25, -0.2) is 12.8 Å². The highest BCUT2D eigenvalue weighted by Crippen LogP contribution is 2.19. The maximum atomic E-state index is 12.9. The topological polar surface area (TPSA) is 98.2 Å². The van der Waals surface area contributed by atoms with E-state index in [-0.39, 0.29) is 16.3 Å². The molecule has 0 spiro atoms.